The summed E-state index contributed by atoms with van der Waals surface area (Å²) >= 11 is 1.79. The summed E-state index contributed by atoms with van der Waals surface area (Å²) in [6.07, 6.45) is 3.00. The van der Waals surface area contributed by atoms with Crippen LogP contribution in [0.4, 0.5) is 4.39 Å². The molecule has 5 rings (SSSR count). The molecule has 0 saturated heterocycles. The van der Waals surface area contributed by atoms with E-state index >= 15 is 0 Å². The first-order valence-electron chi connectivity index (χ1n) is 9.47. The van der Waals surface area contributed by atoms with Gasteiger partial charge in [0.05, 0.1) is 16.2 Å². The van der Waals surface area contributed by atoms with Crippen LogP contribution in [0.5, 0.6) is 5.75 Å². The Morgan fingerprint density at radius 2 is 1.90 bits per heavy atom. The van der Waals surface area contributed by atoms with Crippen LogP contribution in [-0.4, -0.2) is 30.6 Å². The summed E-state index contributed by atoms with van der Waals surface area (Å²) in [6, 6.07) is 3.29. The summed E-state index contributed by atoms with van der Waals surface area (Å²) in [7, 11) is 1.37. The Labute approximate surface area is 187 Å². The van der Waals surface area contributed by atoms with E-state index < -0.39 is 34.9 Å². The molecule has 2 heterocycles. The maximum Gasteiger partial charge on any atom is 0.347 e. The second kappa shape index (κ2) is 6.74. The number of hydrogen-bond acceptors (Lipinski definition) is 5. The van der Waals surface area contributed by atoms with Crippen LogP contribution >= 0.6 is 22.6 Å². The minimum Gasteiger partial charge on any atom is -0.505 e. The lowest BCUT2D eigenvalue weighted by molar-refractivity contribution is -0.115. The number of aromatic nitrogens is 3. The van der Waals surface area contributed by atoms with Gasteiger partial charge in [0.2, 0.25) is 0 Å². The number of carbonyl (C=O) groups excluding carboxylic acids is 2. The zero-order valence-corrected chi connectivity index (χ0v) is 18.3. The highest BCUT2D eigenvalue weighted by molar-refractivity contribution is 14.1. The predicted molar refractivity (Wildman–Crippen MR) is 116 cm³/mol. The van der Waals surface area contributed by atoms with E-state index in [2.05, 4.69) is 0 Å². The summed E-state index contributed by atoms with van der Waals surface area (Å²) in [5.41, 5.74) is 0.0466. The van der Waals surface area contributed by atoms with Crippen molar-refractivity contribution >= 4 is 34.2 Å². The molecule has 1 N–H and O–H groups in total. The SMILES string of the molecule is Cn1c(=O)n2n(c1=O)[C@@H]1CC3=C(C(=O)C(I)=CC3=O)[C@@H](c3cccc(F)c3O)C1=CC2. The molecule has 1 aromatic heterocycles. The van der Waals surface area contributed by atoms with Gasteiger partial charge >= 0.3 is 11.4 Å². The van der Waals surface area contributed by atoms with Gasteiger partial charge in [-0.25, -0.2) is 27.9 Å². The van der Waals surface area contributed by atoms with Crippen LogP contribution in [0.15, 0.2) is 60.2 Å². The predicted octanol–water partition coefficient (Wildman–Crippen LogP) is 1.63. The number of allylic oxidation sites excluding steroid dienone is 6. The highest BCUT2D eigenvalue weighted by Gasteiger charge is 2.45. The van der Waals surface area contributed by atoms with Gasteiger partial charge in [0.25, 0.3) is 0 Å². The van der Waals surface area contributed by atoms with Crippen molar-refractivity contribution in [1.82, 2.24) is 13.9 Å². The number of rotatable bonds is 1. The minimum absolute atomic E-state index is 0.0437. The topological polar surface area (TPSA) is 103 Å². The van der Waals surface area contributed by atoms with Crippen molar-refractivity contribution in [3.05, 3.63) is 83.0 Å². The van der Waals surface area contributed by atoms with Gasteiger partial charge in [-0.05, 0) is 34.2 Å². The lowest BCUT2D eigenvalue weighted by Crippen LogP contribution is -2.40. The molecule has 3 aliphatic rings. The summed E-state index contributed by atoms with van der Waals surface area (Å²) in [4.78, 5) is 51.2. The number of phenolic OH excluding ortho intramolecular Hbond substituents is 1. The highest BCUT2D eigenvalue weighted by Crippen LogP contribution is 2.51. The monoisotopic (exact) mass is 535 g/mol. The van der Waals surface area contributed by atoms with Crippen molar-refractivity contribution in [2.45, 2.75) is 24.9 Å². The number of phenols is 1. The number of halogens is 2. The molecule has 0 saturated carbocycles. The van der Waals surface area contributed by atoms with E-state index in [0.29, 0.717) is 5.57 Å². The molecule has 8 nitrogen and oxygen atoms in total. The van der Waals surface area contributed by atoms with E-state index in [4.69, 9.17) is 0 Å². The molecule has 1 aromatic carbocycles. The Kier molecular flexibility index (Phi) is 4.33. The Bertz CT molecular complexity index is 1420. The van der Waals surface area contributed by atoms with Crippen molar-refractivity contribution in [3.8, 4) is 5.75 Å². The van der Waals surface area contributed by atoms with Crippen LogP contribution in [-0.2, 0) is 23.2 Å². The number of aromatic hydroxyl groups is 1. The van der Waals surface area contributed by atoms with Gasteiger partial charge in [-0.1, -0.05) is 18.2 Å². The highest BCUT2D eigenvalue weighted by atomic mass is 127. The fourth-order valence-corrected chi connectivity index (χ4v) is 5.27. The number of nitrogens with zero attached hydrogens (tertiary/aromatic N) is 3. The molecule has 0 spiro atoms. The van der Waals surface area contributed by atoms with E-state index in [1.807, 2.05) is 0 Å². The molecule has 0 amide bonds. The minimum atomic E-state index is -0.921. The number of para-hydroxylation sites is 1. The van der Waals surface area contributed by atoms with Gasteiger partial charge in [0, 0.05) is 42.2 Å². The van der Waals surface area contributed by atoms with Gasteiger partial charge in [0.15, 0.2) is 23.1 Å². The molecule has 0 fully saturated rings. The molecule has 158 valence electrons. The summed E-state index contributed by atoms with van der Waals surface area (Å²) in [6.45, 7) is 0.0744. The van der Waals surface area contributed by atoms with Gasteiger partial charge in [0.1, 0.15) is 0 Å². The molecule has 0 unspecified atom stereocenters. The van der Waals surface area contributed by atoms with Crippen LogP contribution < -0.4 is 11.4 Å². The number of ketones is 2. The average molecular weight is 535 g/mol. The lowest BCUT2D eigenvalue weighted by atomic mass is 9.68. The third-order valence-corrected chi connectivity index (χ3v) is 6.92. The van der Waals surface area contributed by atoms with Crippen LogP contribution in [0, 0.1) is 5.82 Å². The Morgan fingerprint density at radius 1 is 1.16 bits per heavy atom. The second-order valence-corrected chi connectivity index (χ2v) is 8.83. The third-order valence-electron chi connectivity index (χ3n) is 6.12. The van der Waals surface area contributed by atoms with Crippen LogP contribution in [0.25, 0.3) is 0 Å². The molecule has 2 aromatic rings. The van der Waals surface area contributed by atoms with Crippen LogP contribution in [0.2, 0.25) is 0 Å². The summed E-state index contributed by atoms with van der Waals surface area (Å²) in [5.74, 6) is -3.13. The van der Waals surface area contributed by atoms with E-state index in [1.165, 1.54) is 34.6 Å². The van der Waals surface area contributed by atoms with E-state index in [1.54, 1.807) is 28.7 Å². The molecule has 1 aliphatic heterocycles. The fourth-order valence-electron chi connectivity index (χ4n) is 4.70. The Hall–Kier alpha value is -3.02. The largest absolute Gasteiger partial charge is 0.505 e. The first-order chi connectivity index (χ1) is 14.7. The zero-order valence-electron chi connectivity index (χ0n) is 16.1. The molecule has 10 heteroatoms. The first-order valence-corrected chi connectivity index (χ1v) is 10.5. The van der Waals surface area contributed by atoms with Gasteiger partial charge < -0.3 is 5.11 Å². The number of fused-ring (bicyclic) bond motifs is 3. The molecule has 0 bridgehead atoms. The van der Waals surface area contributed by atoms with Gasteiger partial charge in [-0.3, -0.25) is 9.59 Å². The van der Waals surface area contributed by atoms with E-state index in [9.17, 15) is 28.7 Å². The smallest absolute Gasteiger partial charge is 0.347 e. The van der Waals surface area contributed by atoms with Crippen molar-refractivity contribution in [1.29, 1.82) is 0 Å². The normalized spacial score (nSPS) is 22.5. The van der Waals surface area contributed by atoms with Crippen LogP contribution in [0.1, 0.15) is 23.9 Å². The van der Waals surface area contributed by atoms with Crippen molar-refractivity contribution in [2.24, 2.45) is 7.05 Å². The maximum atomic E-state index is 14.2. The molecular weight excluding hydrogens is 520 g/mol. The molecular formula is C21H15FIN3O5. The molecule has 31 heavy (non-hydrogen) atoms. The van der Waals surface area contributed by atoms with Crippen molar-refractivity contribution in [3.63, 3.8) is 0 Å². The third kappa shape index (κ3) is 2.63. The summed E-state index contributed by atoms with van der Waals surface area (Å²) < 4.78 is 18.0. The molecule has 2 atom stereocenters. The van der Waals surface area contributed by atoms with Crippen molar-refractivity contribution < 1.29 is 19.1 Å². The number of benzene rings is 1. The number of hydrogen-bond donors (Lipinski definition) is 1. The Balaban J connectivity index is 1.82. The Morgan fingerprint density at radius 3 is 2.65 bits per heavy atom. The number of Topliss-reactive ketones (excluding diaryl/α,β-unsaturated/α-hetero) is 1. The van der Waals surface area contributed by atoms with Crippen molar-refractivity contribution in [2.75, 3.05) is 0 Å². The van der Waals surface area contributed by atoms with Gasteiger partial charge in [-0.2, -0.15) is 0 Å². The average Bonchev–Trinajstić information content (AvgIpc) is 2.97. The summed E-state index contributed by atoms with van der Waals surface area (Å²) in [5, 5.41) is 10.5. The zero-order chi connectivity index (χ0) is 22.2. The fraction of sp³-hybridized carbons (Fsp3) is 0.238. The first kappa shape index (κ1) is 19.9. The lowest BCUT2D eigenvalue weighted by Gasteiger charge is -2.39. The second-order valence-electron chi connectivity index (χ2n) is 7.66. The molecule has 0 radical (unpaired) electrons. The quantitative estimate of drug-likeness (QED) is 0.340. The van der Waals surface area contributed by atoms with Gasteiger partial charge in [-0.15, -0.1) is 0 Å². The van der Waals surface area contributed by atoms with E-state index in [-0.39, 0.29) is 44.8 Å². The maximum absolute atomic E-state index is 14.2. The van der Waals surface area contributed by atoms with Crippen LogP contribution in [0.3, 0.4) is 0 Å². The molecule has 2 aliphatic carbocycles. The number of carbonyl (C=O) groups is 2. The standard InChI is InChI=1S/C21H15FIN3O5/c1-24-20(30)25-6-5-9-14(26(25)21(24)31)7-11-15(27)8-13(23)19(29)17(11)16(9)10-3-2-4-12(22)18(10)28/h2-5,8,14,16,28H,6-7H2,1H3/t14-,16-/m1/s1. The van der Waals surface area contributed by atoms with E-state index in [0.717, 1.165) is 10.6 Å².